The molecular formula is C22H35N3O3S. The molecule has 162 valence electrons. The van der Waals surface area contributed by atoms with E-state index in [0.29, 0.717) is 31.2 Å². The summed E-state index contributed by atoms with van der Waals surface area (Å²) in [6.07, 6.45) is 7.94. The molecule has 0 bridgehead atoms. The van der Waals surface area contributed by atoms with Gasteiger partial charge in [-0.3, -0.25) is 4.79 Å². The maximum absolute atomic E-state index is 12.4. The van der Waals surface area contributed by atoms with Gasteiger partial charge in [0, 0.05) is 37.8 Å². The number of hydrogen-bond acceptors (Lipinski definition) is 4. The Morgan fingerprint density at radius 3 is 2.45 bits per heavy atom. The lowest BCUT2D eigenvalue weighted by molar-refractivity contribution is 0.0947. The summed E-state index contributed by atoms with van der Waals surface area (Å²) in [4.78, 5) is 14.9. The lowest BCUT2D eigenvalue weighted by Crippen LogP contribution is -2.40. The fourth-order valence-corrected chi connectivity index (χ4v) is 6.03. The van der Waals surface area contributed by atoms with Crippen LogP contribution in [0, 0.1) is 0 Å². The highest BCUT2D eigenvalue weighted by atomic mass is 32.2. The van der Waals surface area contributed by atoms with Crippen LogP contribution in [0.4, 0.5) is 0 Å². The molecule has 2 fully saturated rings. The van der Waals surface area contributed by atoms with E-state index in [-0.39, 0.29) is 11.7 Å². The molecule has 0 saturated carbocycles. The van der Waals surface area contributed by atoms with E-state index in [4.69, 9.17) is 0 Å². The standard InChI is InChI=1S/C22H35N3O3S/c1-2-21-8-3-4-14-24(21)15-7-13-23-22(26)20-11-9-19(10-12-20)18-29(27,28)25-16-5-6-17-25/h9-12,21H,2-8,13-18H2,1H3,(H,23,26). The van der Waals surface area contributed by atoms with Gasteiger partial charge >= 0.3 is 0 Å². The fourth-order valence-electron chi connectivity index (χ4n) is 4.42. The van der Waals surface area contributed by atoms with Crippen LogP contribution >= 0.6 is 0 Å². The number of nitrogens with zero attached hydrogens (tertiary/aromatic N) is 2. The van der Waals surface area contributed by atoms with E-state index >= 15 is 0 Å². The van der Waals surface area contributed by atoms with Crippen molar-refractivity contribution in [3.05, 3.63) is 35.4 Å². The Bertz CT molecular complexity index is 758. The van der Waals surface area contributed by atoms with E-state index in [2.05, 4.69) is 17.1 Å². The first-order chi connectivity index (χ1) is 14.0. The van der Waals surface area contributed by atoms with Crippen LogP contribution in [0.5, 0.6) is 0 Å². The van der Waals surface area contributed by atoms with Crippen LogP contribution in [-0.4, -0.2) is 62.3 Å². The molecule has 1 aromatic carbocycles. The number of carbonyl (C=O) groups excluding carboxylic acids is 1. The van der Waals surface area contributed by atoms with Gasteiger partial charge in [0.25, 0.3) is 5.91 Å². The summed E-state index contributed by atoms with van der Waals surface area (Å²) in [6.45, 7) is 6.38. The molecule has 2 aliphatic heterocycles. The van der Waals surface area contributed by atoms with Crippen molar-refractivity contribution in [1.82, 2.24) is 14.5 Å². The molecule has 2 heterocycles. The van der Waals surface area contributed by atoms with Crippen LogP contribution in [0.15, 0.2) is 24.3 Å². The average molecular weight is 422 g/mol. The minimum Gasteiger partial charge on any atom is -0.352 e. The van der Waals surface area contributed by atoms with Gasteiger partial charge in [-0.25, -0.2) is 12.7 Å². The average Bonchev–Trinajstić information content (AvgIpc) is 3.27. The van der Waals surface area contributed by atoms with E-state index in [1.165, 1.54) is 32.2 Å². The Balaban J connectivity index is 1.43. The number of rotatable bonds is 9. The molecule has 2 aliphatic rings. The third-order valence-corrected chi connectivity index (χ3v) is 8.00. The number of piperidine rings is 1. The van der Waals surface area contributed by atoms with Gasteiger partial charge in [-0.05, 0) is 62.8 Å². The number of benzene rings is 1. The summed E-state index contributed by atoms with van der Waals surface area (Å²) in [5.74, 6) is -0.0896. The molecule has 0 radical (unpaired) electrons. The van der Waals surface area contributed by atoms with Crippen LogP contribution < -0.4 is 5.32 Å². The van der Waals surface area contributed by atoms with Crippen molar-refractivity contribution in [2.24, 2.45) is 0 Å². The minimum absolute atomic E-state index is 0.00330. The molecule has 1 N–H and O–H groups in total. The highest BCUT2D eigenvalue weighted by Crippen LogP contribution is 2.19. The van der Waals surface area contributed by atoms with Gasteiger partial charge in [0.2, 0.25) is 10.0 Å². The topological polar surface area (TPSA) is 69.7 Å². The van der Waals surface area contributed by atoms with Gasteiger partial charge in [-0.2, -0.15) is 0 Å². The number of carbonyl (C=O) groups is 1. The Morgan fingerprint density at radius 2 is 1.76 bits per heavy atom. The van der Waals surface area contributed by atoms with E-state index in [1.54, 1.807) is 28.6 Å². The van der Waals surface area contributed by atoms with Crippen molar-refractivity contribution in [2.45, 2.75) is 63.7 Å². The van der Waals surface area contributed by atoms with Crippen LogP contribution in [0.3, 0.4) is 0 Å². The second-order valence-corrected chi connectivity index (χ2v) is 10.2. The normalized spacial score (nSPS) is 21.3. The summed E-state index contributed by atoms with van der Waals surface area (Å²) in [5, 5.41) is 2.99. The summed E-state index contributed by atoms with van der Waals surface area (Å²) in [7, 11) is -3.25. The number of nitrogens with one attached hydrogen (secondary N) is 1. The lowest BCUT2D eigenvalue weighted by Gasteiger charge is -2.35. The first-order valence-electron chi connectivity index (χ1n) is 11.1. The Morgan fingerprint density at radius 1 is 1.07 bits per heavy atom. The summed E-state index contributed by atoms with van der Waals surface area (Å²) >= 11 is 0. The van der Waals surface area contributed by atoms with Crippen LogP contribution in [-0.2, 0) is 15.8 Å². The zero-order valence-electron chi connectivity index (χ0n) is 17.6. The monoisotopic (exact) mass is 421 g/mol. The number of sulfonamides is 1. The first-order valence-corrected chi connectivity index (χ1v) is 12.7. The maximum Gasteiger partial charge on any atom is 0.251 e. The van der Waals surface area contributed by atoms with E-state index in [0.717, 1.165) is 31.4 Å². The zero-order chi connectivity index (χ0) is 20.7. The van der Waals surface area contributed by atoms with Gasteiger partial charge < -0.3 is 10.2 Å². The third-order valence-electron chi connectivity index (χ3n) is 6.15. The van der Waals surface area contributed by atoms with Crippen molar-refractivity contribution < 1.29 is 13.2 Å². The number of hydrogen-bond donors (Lipinski definition) is 1. The summed E-state index contributed by atoms with van der Waals surface area (Å²) < 4.78 is 26.4. The molecule has 1 aromatic rings. The minimum atomic E-state index is -3.25. The highest BCUT2D eigenvalue weighted by molar-refractivity contribution is 7.88. The quantitative estimate of drug-likeness (QED) is 0.623. The molecule has 0 aliphatic carbocycles. The molecule has 3 rings (SSSR count). The fraction of sp³-hybridized carbons (Fsp3) is 0.682. The lowest BCUT2D eigenvalue weighted by atomic mass is 10.00. The smallest absolute Gasteiger partial charge is 0.251 e. The molecule has 1 amide bonds. The van der Waals surface area contributed by atoms with Gasteiger partial charge in [-0.1, -0.05) is 25.5 Å². The molecule has 7 heteroatoms. The maximum atomic E-state index is 12.4. The van der Waals surface area contributed by atoms with Gasteiger partial charge in [0.05, 0.1) is 5.75 Å². The number of amides is 1. The Labute approximate surface area is 175 Å². The first kappa shape index (κ1) is 22.2. The summed E-state index contributed by atoms with van der Waals surface area (Å²) in [5.41, 5.74) is 1.31. The van der Waals surface area contributed by atoms with Crippen LogP contribution in [0.2, 0.25) is 0 Å². The van der Waals surface area contributed by atoms with E-state index in [9.17, 15) is 13.2 Å². The predicted octanol–water partition coefficient (Wildman–Crippen LogP) is 3.00. The van der Waals surface area contributed by atoms with Gasteiger partial charge in [-0.15, -0.1) is 0 Å². The molecule has 6 nitrogen and oxygen atoms in total. The highest BCUT2D eigenvalue weighted by Gasteiger charge is 2.25. The van der Waals surface area contributed by atoms with Crippen molar-refractivity contribution in [3.8, 4) is 0 Å². The molecule has 29 heavy (non-hydrogen) atoms. The predicted molar refractivity (Wildman–Crippen MR) is 116 cm³/mol. The second kappa shape index (κ2) is 10.5. The van der Waals surface area contributed by atoms with E-state index in [1.807, 2.05) is 0 Å². The van der Waals surface area contributed by atoms with E-state index < -0.39 is 10.0 Å². The largest absolute Gasteiger partial charge is 0.352 e. The van der Waals surface area contributed by atoms with Gasteiger partial charge in [0.1, 0.15) is 0 Å². The number of likely N-dealkylation sites (tertiary alicyclic amines) is 1. The molecular weight excluding hydrogens is 386 g/mol. The molecule has 2 saturated heterocycles. The van der Waals surface area contributed by atoms with Crippen molar-refractivity contribution in [3.63, 3.8) is 0 Å². The molecule has 1 unspecified atom stereocenters. The Kier molecular flexibility index (Phi) is 8.09. The summed E-state index contributed by atoms with van der Waals surface area (Å²) in [6, 6.07) is 7.65. The Hall–Kier alpha value is -1.44. The van der Waals surface area contributed by atoms with Crippen molar-refractivity contribution >= 4 is 15.9 Å². The molecule has 1 atom stereocenters. The molecule has 0 spiro atoms. The molecule has 0 aromatic heterocycles. The second-order valence-electron chi connectivity index (χ2n) is 8.26. The van der Waals surface area contributed by atoms with Crippen LogP contribution in [0.25, 0.3) is 0 Å². The van der Waals surface area contributed by atoms with Gasteiger partial charge in [0.15, 0.2) is 0 Å². The zero-order valence-corrected chi connectivity index (χ0v) is 18.4. The SMILES string of the molecule is CCC1CCCCN1CCCNC(=O)c1ccc(CS(=O)(=O)N2CCCC2)cc1. The van der Waals surface area contributed by atoms with Crippen molar-refractivity contribution in [1.29, 1.82) is 0 Å². The third kappa shape index (κ3) is 6.27. The van der Waals surface area contributed by atoms with Crippen LogP contribution in [0.1, 0.15) is 67.8 Å². The van der Waals surface area contributed by atoms with Crippen molar-refractivity contribution in [2.75, 3.05) is 32.7 Å².